The molecule has 1 heterocycles. The van der Waals surface area contributed by atoms with Crippen LogP contribution in [0.25, 0.3) is 5.69 Å². The minimum absolute atomic E-state index is 0.496. The quantitative estimate of drug-likeness (QED) is 0.822. The summed E-state index contributed by atoms with van der Waals surface area (Å²) >= 11 is 11.1. The third kappa shape index (κ3) is 1.75. The van der Waals surface area contributed by atoms with Gasteiger partial charge in [0.1, 0.15) is 6.33 Å². The van der Waals surface area contributed by atoms with Crippen molar-refractivity contribution in [2.75, 3.05) is 7.11 Å². The van der Waals surface area contributed by atoms with Crippen molar-refractivity contribution in [3.63, 3.8) is 0 Å². The molecule has 0 aliphatic rings. The van der Waals surface area contributed by atoms with E-state index in [4.69, 9.17) is 28.6 Å². The second-order valence-corrected chi connectivity index (χ2v) is 3.62. The number of aromatic nitrogens is 3. The Labute approximate surface area is 96.5 Å². The van der Waals surface area contributed by atoms with E-state index in [9.17, 15) is 0 Å². The van der Waals surface area contributed by atoms with Crippen molar-refractivity contribution in [1.29, 1.82) is 0 Å². The first-order chi connectivity index (χ1) is 7.24. The highest BCUT2D eigenvalue weighted by Crippen LogP contribution is 2.30. The van der Waals surface area contributed by atoms with Gasteiger partial charge in [0, 0.05) is 0 Å². The lowest BCUT2D eigenvalue weighted by Gasteiger charge is -2.09. The fourth-order valence-corrected chi connectivity index (χ4v) is 1.75. The van der Waals surface area contributed by atoms with E-state index >= 15 is 0 Å². The van der Waals surface area contributed by atoms with Gasteiger partial charge in [-0.2, -0.15) is 5.10 Å². The number of hydrogen-bond donors (Lipinski definition) is 1. The number of para-hydroxylation sites is 1. The summed E-state index contributed by atoms with van der Waals surface area (Å²) in [6.07, 6.45) is 1.58. The molecule has 2 rings (SSSR count). The maximum atomic E-state index is 6.00. The molecule has 0 aliphatic heterocycles. The Hall–Kier alpha value is -1.33. The molecule has 0 spiro atoms. The van der Waals surface area contributed by atoms with Crippen LogP contribution in [0.15, 0.2) is 24.5 Å². The van der Waals surface area contributed by atoms with Gasteiger partial charge in [-0.05, 0) is 24.4 Å². The smallest absolute Gasteiger partial charge is 0.199 e. The molecule has 0 unspecified atom stereocenters. The van der Waals surface area contributed by atoms with Gasteiger partial charge in [-0.15, -0.1) is 0 Å². The summed E-state index contributed by atoms with van der Waals surface area (Å²) in [4.78, 5) is 0. The molecule has 1 aromatic carbocycles. The third-order valence-corrected chi connectivity index (χ3v) is 2.55. The summed E-state index contributed by atoms with van der Waals surface area (Å²) < 4.78 is 7.40. The van der Waals surface area contributed by atoms with E-state index in [0.717, 1.165) is 5.69 Å². The maximum absolute atomic E-state index is 6.00. The second kappa shape index (κ2) is 4.04. The van der Waals surface area contributed by atoms with E-state index in [1.165, 1.54) is 0 Å². The number of rotatable bonds is 2. The summed E-state index contributed by atoms with van der Waals surface area (Å²) in [5.74, 6) is 0.580. The van der Waals surface area contributed by atoms with Crippen LogP contribution in [0.2, 0.25) is 5.02 Å². The van der Waals surface area contributed by atoms with Crippen LogP contribution in [0, 0.1) is 4.77 Å². The van der Waals surface area contributed by atoms with Crippen LogP contribution in [-0.2, 0) is 0 Å². The van der Waals surface area contributed by atoms with Gasteiger partial charge < -0.3 is 4.74 Å². The predicted octanol–water partition coefficient (Wildman–Crippen LogP) is 2.59. The van der Waals surface area contributed by atoms with E-state index in [1.54, 1.807) is 24.1 Å². The highest BCUT2D eigenvalue weighted by Gasteiger charge is 2.09. The third-order valence-electron chi connectivity index (χ3n) is 1.96. The standard InChI is InChI=1S/C9H8ClN3OS/c1-14-8-6(10)3-2-4-7(8)13-5-11-12-9(13)15/h2-5H,1H3,(H,12,15). The molecule has 1 aromatic heterocycles. The number of aromatic amines is 1. The zero-order valence-corrected chi connectivity index (χ0v) is 9.47. The number of nitrogens with one attached hydrogen (secondary N) is 1. The summed E-state index contributed by atoms with van der Waals surface area (Å²) in [6.45, 7) is 0. The summed E-state index contributed by atoms with van der Waals surface area (Å²) in [5, 5.41) is 7.05. The molecule has 1 N–H and O–H groups in total. The van der Waals surface area contributed by atoms with Gasteiger partial charge in [-0.1, -0.05) is 17.7 Å². The van der Waals surface area contributed by atoms with Gasteiger partial charge in [0.25, 0.3) is 0 Å². The first-order valence-electron chi connectivity index (χ1n) is 4.19. The van der Waals surface area contributed by atoms with E-state index in [1.807, 2.05) is 12.1 Å². The van der Waals surface area contributed by atoms with Gasteiger partial charge >= 0.3 is 0 Å². The fourth-order valence-electron chi connectivity index (χ4n) is 1.31. The molecule has 0 radical (unpaired) electrons. The SMILES string of the molecule is COc1c(Cl)cccc1-n1cn[nH]c1=S. The Morgan fingerprint density at radius 2 is 2.33 bits per heavy atom. The van der Waals surface area contributed by atoms with Crippen molar-refractivity contribution < 1.29 is 4.74 Å². The highest BCUT2D eigenvalue weighted by molar-refractivity contribution is 7.71. The summed E-state index contributed by atoms with van der Waals surface area (Å²) in [6, 6.07) is 5.44. The molecule has 0 amide bonds. The molecule has 78 valence electrons. The van der Waals surface area contributed by atoms with Crippen molar-refractivity contribution in [1.82, 2.24) is 14.8 Å². The number of nitrogens with zero attached hydrogens (tertiary/aromatic N) is 2. The van der Waals surface area contributed by atoms with Crippen LogP contribution in [0.3, 0.4) is 0 Å². The van der Waals surface area contributed by atoms with Crippen molar-refractivity contribution in [2.45, 2.75) is 0 Å². The molecule has 0 fully saturated rings. The summed E-state index contributed by atoms with van der Waals surface area (Å²) in [7, 11) is 1.56. The lowest BCUT2D eigenvalue weighted by Crippen LogP contribution is -1.97. The fraction of sp³-hybridized carbons (Fsp3) is 0.111. The zero-order chi connectivity index (χ0) is 10.8. The summed E-state index contributed by atoms with van der Waals surface area (Å²) in [5.41, 5.74) is 0.767. The molecule has 0 bridgehead atoms. The first kappa shape index (κ1) is 10.2. The molecular formula is C9H8ClN3OS. The Kier molecular flexibility index (Phi) is 2.75. The van der Waals surface area contributed by atoms with Crippen molar-refractivity contribution in [3.05, 3.63) is 34.3 Å². The van der Waals surface area contributed by atoms with Gasteiger partial charge in [0.2, 0.25) is 0 Å². The molecule has 4 nitrogen and oxygen atoms in total. The normalized spacial score (nSPS) is 10.3. The monoisotopic (exact) mass is 241 g/mol. The minimum atomic E-state index is 0.496. The van der Waals surface area contributed by atoms with E-state index in [-0.39, 0.29) is 0 Å². The molecule has 0 atom stereocenters. The number of hydrogen-bond acceptors (Lipinski definition) is 3. The van der Waals surface area contributed by atoms with Gasteiger partial charge in [0.15, 0.2) is 10.5 Å². The first-order valence-corrected chi connectivity index (χ1v) is 4.97. The number of ether oxygens (including phenoxy) is 1. The van der Waals surface area contributed by atoms with Crippen molar-refractivity contribution in [3.8, 4) is 11.4 Å². The molecule has 2 aromatic rings. The molecule has 0 saturated carbocycles. The van der Waals surface area contributed by atoms with Crippen molar-refractivity contribution in [2.24, 2.45) is 0 Å². The van der Waals surface area contributed by atoms with Gasteiger partial charge in [0.05, 0.1) is 17.8 Å². The predicted molar refractivity (Wildman–Crippen MR) is 60.3 cm³/mol. The van der Waals surface area contributed by atoms with Crippen LogP contribution in [-0.4, -0.2) is 21.9 Å². The lowest BCUT2D eigenvalue weighted by atomic mass is 10.3. The van der Waals surface area contributed by atoms with Crippen LogP contribution in [0.1, 0.15) is 0 Å². The number of methoxy groups -OCH3 is 1. The maximum Gasteiger partial charge on any atom is 0.199 e. The molecular weight excluding hydrogens is 234 g/mol. The molecule has 15 heavy (non-hydrogen) atoms. The number of halogens is 1. The Morgan fingerprint density at radius 3 is 2.93 bits per heavy atom. The average molecular weight is 242 g/mol. The van der Waals surface area contributed by atoms with Crippen LogP contribution in [0.4, 0.5) is 0 Å². The largest absolute Gasteiger partial charge is 0.493 e. The lowest BCUT2D eigenvalue weighted by molar-refractivity contribution is 0.413. The van der Waals surface area contributed by atoms with Crippen molar-refractivity contribution >= 4 is 23.8 Å². The Balaban J connectivity index is 2.68. The molecule has 6 heteroatoms. The van der Waals surface area contributed by atoms with E-state index < -0.39 is 0 Å². The number of benzene rings is 1. The Bertz CT molecular complexity index is 534. The molecule has 0 saturated heterocycles. The van der Waals surface area contributed by atoms with Gasteiger partial charge in [-0.3, -0.25) is 9.67 Å². The minimum Gasteiger partial charge on any atom is -0.493 e. The molecule has 0 aliphatic carbocycles. The van der Waals surface area contributed by atoms with Crippen LogP contribution < -0.4 is 4.74 Å². The van der Waals surface area contributed by atoms with Crippen LogP contribution in [0.5, 0.6) is 5.75 Å². The Morgan fingerprint density at radius 1 is 1.53 bits per heavy atom. The second-order valence-electron chi connectivity index (χ2n) is 2.82. The average Bonchev–Trinajstić information content (AvgIpc) is 2.64. The topological polar surface area (TPSA) is 42.8 Å². The van der Waals surface area contributed by atoms with E-state index in [2.05, 4.69) is 10.2 Å². The highest BCUT2D eigenvalue weighted by atomic mass is 35.5. The zero-order valence-electron chi connectivity index (χ0n) is 7.90. The van der Waals surface area contributed by atoms with Gasteiger partial charge in [-0.25, -0.2) is 0 Å². The van der Waals surface area contributed by atoms with Crippen LogP contribution >= 0.6 is 23.8 Å². The number of H-pyrrole nitrogens is 1. The van der Waals surface area contributed by atoms with E-state index in [0.29, 0.717) is 15.5 Å².